The van der Waals surface area contributed by atoms with Crippen LogP contribution < -0.4 is 0 Å². The van der Waals surface area contributed by atoms with Crippen LogP contribution in [0, 0.1) is 12.8 Å². The second-order valence-corrected chi connectivity index (χ2v) is 4.28. The number of fused-ring (bicyclic) bond motifs is 1. The number of aromatic nitrogens is 2. The van der Waals surface area contributed by atoms with Gasteiger partial charge in [-0.05, 0) is 31.0 Å². The first kappa shape index (κ1) is 8.92. The zero-order valence-corrected chi connectivity index (χ0v) is 8.79. The number of rotatable bonds is 2. The van der Waals surface area contributed by atoms with E-state index in [-0.39, 0.29) is 0 Å². The molecule has 2 aromatic rings. The highest BCUT2D eigenvalue weighted by molar-refractivity contribution is 5.76. The van der Waals surface area contributed by atoms with Crippen molar-refractivity contribution in [2.24, 2.45) is 5.92 Å². The van der Waals surface area contributed by atoms with Crippen molar-refractivity contribution < 1.29 is 4.74 Å². The molecular weight excluding hydrogens is 188 g/mol. The number of aromatic amines is 1. The summed E-state index contributed by atoms with van der Waals surface area (Å²) in [6, 6.07) is 4.26. The summed E-state index contributed by atoms with van der Waals surface area (Å²) in [6.45, 7) is 3.92. The van der Waals surface area contributed by atoms with E-state index in [1.54, 1.807) is 0 Å². The van der Waals surface area contributed by atoms with Crippen molar-refractivity contribution in [3.05, 3.63) is 29.6 Å². The molecule has 1 N–H and O–H groups in total. The summed E-state index contributed by atoms with van der Waals surface area (Å²) in [5, 5.41) is 1.20. The monoisotopic (exact) mass is 202 g/mol. The number of hydrogen-bond donors (Lipinski definition) is 1. The Morgan fingerprint density at radius 1 is 1.53 bits per heavy atom. The van der Waals surface area contributed by atoms with Crippen molar-refractivity contribution in [3.8, 4) is 0 Å². The lowest BCUT2D eigenvalue weighted by Crippen LogP contribution is -2.29. The molecule has 3 heterocycles. The van der Waals surface area contributed by atoms with Gasteiger partial charge in [0.15, 0.2) is 0 Å². The van der Waals surface area contributed by atoms with E-state index in [1.165, 1.54) is 16.6 Å². The lowest BCUT2D eigenvalue weighted by Gasteiger charge is -2.25. The fraction of sp³-hybridized carbons (Fsp3) is 0.417. The van der Waals surface area contributed by atoms with Gasteiger partial charge in [-0.25, -0.2) is 4.98 Å². The highest BCUT2D eigenvalue weighted by Crippen LogP contribution is 2.20. The maximum atomic E-state index is 5.18. The Balaban J connectivity index is 1.97. The van der Waals surface area contributed by atoms with Gasteiger partial charge in [0, 0.05) is 23.2 Å². The summed E-state index contributed by atoms with van der Waals surface area (Å²) in [7, 11) is 0. The summed E-state index contributed by atoms with van der Waals surface area (Å²) < 4.78 is 5.18. The normalized spacial score (nSPS) is 16.9. The second-order valence-electron chi connectivity index (χ2n) is 4.28. The van der Waals surface area contributed by atoms with Crippen LogP contribution in [-0.2, 0) is 11.2 Å². The van der Waals surface area contributed by atoms with E-state index < -0.39 is 0 Å². The van der Waals surface area contributed by atoms with Crippen LogP contribution in [0.15, 0.2) is 18.3 Å². The van der Waals surface area contributed by atoms with Crippen LogP contribution in [0.5, 0.6) is 0 Å². The van der Waals surface area contributed by atoms with E-state index in [4.69, 9.17) is 4.74 Å². The molecule has 3 heteroatoms. The molecule has 1 aliphatic rings. The maximum Gasteiger partial charge on any atom is 0.137 e. The number of hydrogen-bond acceptors (Lipinski definition) is 2. The second kappa shape index (κ2) is 3.35. The van der Waals surface area contributed by atoms with Crippen molar-refractivity contribution in [3.63, 3.8) is 0 Å². The standard InChI is InChI=1S/C12H14N2O/c1-8-4-10-2-3-13-12(10)14-11(8)5-9-6-15-7-9/h2-4,9H,5-7H2,1H3,(H,13,14). The molecule has 0 spiro atoms. The Morgan fingerprint density at radius 3 is 3.13 bits per heavy atom. The van der Waals surface area contributed by atoms with Gasteiger partial charge in [-0.1, -0.05) is 0 Å². The van der Waals surface area contributed by atoms with Crippen LogP contribution >= 0.6 is 0 Å². The highest BCUT2D eigenvalue weighted by atomic mass is 16.5. The van der Waals surface area contributed by atoms with E-state index in [2.05, 4.69) is 29.0 Å². The molecular formula is C12H14N2O. The zero-order chi connectivity index (χ0) is 10.3. The van der Waals surface area contributed by atoms with Gasteiger partial charge in [0.2, 0.25) is 0 Å². The summed E-state index contributed by atoms with van der Waals surface area (Å²) in [6.07, 6.45) is 2.98. The van der Waals surface area contributed by atoms with Gasteiger partial charge < -0.3 is 9.72 Å². The van der Waals surface area contributed by atoms with Gasteiger partial charge in [0.25, 0.3) is 0 Å². The fourth-order valence-electron chi connectivity index (χ4n) is 2.01. The molecule has 0 radical (unpaired) electrons. The topological polar surface area (TPSA) is 37.9 Å². The van der Waals surface area contributed by atoms with Gasteiger partial charge in [0.1, 0.15) is 5.65 Å². The van der Waals surface area contributed by atoms with E-state index in [0.717, 1.165) is 25.3 Å². The predicted octanol–water partition coefficient (Wildman–Crippen LogP) is 2.06. The third kappa shape index (κ3) is 1.53. The first-order valence-corrected chi connectivity index (χ1v) is 5.34. The van der Waals surface area contributed by atoms with Crippen molar-refractivity contribution in [2.45, 2.75) is 13.3 Å². The van der Waals surface area contributed by atoms with Crippen LogP contribution in [0.3, 0.4) is 0 Å². The lowest BCUT2D eigenvalue weighted by molar-refractivity contribution is -0.0316. The minimum Gasteiger partial charge on any atom is -0.381 e. The minimum atomic E-state index is 0.670. The maximum absolute atomic E-state index is 5.18. The molecule has 0 aromatic carbocycles. The quantitative estimate of drug-likeness (QED) is 0.809. The first-order chi connectivity index (χ1) is 7.33. The molecule has 0 atom stereocenters. The van der Waals surface area contributed by atoms with Crippen molar-refractivity contribution in [1.29, 1.82) is 0 Å². The van der Waals surface area contributed by atoms with Crippen molar-refractivity contribution in [2.75, 3.05) is 13.2 Å². The average molecular weight is 202 g/mol. The Kier molecular flexibility index (Phi) is 1.99. The van der Waals surface area contributed by atoms with Crippen LogP contribution in [0.25, 0.3) is 11.0 Å². The molecule has 1 saturated heterocycles. The van der Waals surface area contributed by atoms with E-state index in [1.807, 2.05) is 6.20 Å². The number of H-pyrrole nitrogens is 1. The Bertz CT molecular complexity index is 485. The molecule has 1 aliphatic heterocycles. The molecule has 0 amide bonds. The number of aryl methyl sites for hydroxylation is 1. The van der Waals surface area contributed by atoms with Crippen LogP contribution in [-0.4, -0.2) is 23.2 Å². The molecule has 0 aliphatic carbocycles. The summed E-state index contributed by atoms with van der Waals surface area (Å²) >= 11 is 0. The Morgan fingerprint density at radius 2 is 2.40 bits per heavy atom. The summed E-state index contributed by atoms with van der Waals surface area (Å²) in [4.78, 5) is 7.80. The van der Waals surface area contributed by atoms with Gasteiger partial charge in [0.05, 0.1) is 13.2 Å². The molecule has 0 unspecified atom stereocenters. The molecule has 2 aromatic heterocycles. The Hall–Kier alpha value is -1.35. The summed E-state index contributed by atoms with van der Waals surface area (Å²) in [5.74, 6) is 0.670. The first-order valence-electron chi connectivity index (χ1n) is 5.34. The SMILES string of the molecule is Cc1cc2cc[nH]c2nc1CC1COC1. The van der Waals surface area contributed by atoms with E-state index in [9.17, 15) is 0 Å². The molecule has 0 bridgehead atoms. The number of ether oxygens (including phenoxy) is 1. The third-order valence-electron chi connectivity index (χ3n) is 3.02. The average Bonchev–Trinajstić information content (AvgIpc) is 2.58. The van der Waals surface area contributed by atoms with E-state index >= 15 is 0 Å². The molecule has 1 fully saturated rings. The zero-order valence-electron chi connectivity index (χ0n) is 8.79. The van der Waals surface area contributed by atoms with Gasteiger partial charge in [-0.2, -0.15) is 0 Å². The molecule has 3 rings (SSSR count). The van der Waals surface area contributed by atoms with E-state index in [0.29, 0.717) is 5.92 Å². The molecule has 78 valence electrons. The van der Waals surface area contributed by atoms with Crippen LogP contribution in [0.4, 0.5) is 0 Å². The third-order valence-corrected chi connectivity index (χ3v) is 3.02. The van der Waals surface area contributed by atoms with Gasteiger partial charge in [-0.3, -0.25) is 0 Å². The molecule has 0 saturated carbocycles. The number of nitrogens with zero attached hydrogens (tertiary/aromatic N) is 1. The molecule has 3 nitrogen and oxygen atoms in total. The number of nitrogens with one attached hydrogen (secondary N) is 1. The van der Waals surface area contributed by atoms with Gasteiger partial charge in [-0.15, -0.1) is 0 Å². The van der Waals surface area contributed by atoms with Crippen LogP contribution in [0.1, 0.15) is 11.3 Å². The summed E-state index contributed by atoms with van der Waals surface area (Å²) in [5.41, 5.74) is 3.49. The fourth-order valence-corrected chi connectivity index (χ4v) is 2.01. The highest BCUT2D eigenvalue weighted by Gasteiger charge is 2.20. The Labute approximate surface area is 88.5 Å². The predicted molar refractivity (Wildman–Crippen MR) is 58.8 cm³/mol. The van der Waals surface area contributed by atoms with Crippen LogP contribution in [0.2, 0.25) is 0 Å². The van der Waals surface area contributed by atoms with Crippen molar-refractivity contribution in [1.82, 2.24) is 9.97 Å². The van der Waals surface area contributed by atoms with Crippen molar-refractivity contribution >= 4 is 11.0 Å². The number of pyridine rings is 1. The molecule has 15 heavy (non-hydrogen) atoms. The largest absolute Gasteiger partial charge is 0.381 e. The smallest absolute Gasteiger partial charge is 0.137 e. The van der Waals surface area contributed by atoms with Gasteiger partial charge >= 0.3 is 0 Å². The minimum absolute atomic E-state index is 0.670. The lowest BCUT2D eigenvalue weighted by atomic mass is 9.99.